The molecule has 2 heteroatoms. The molecule has 0 N–H and O–H groups in total. The van der Waals surface area contributed by atoms with Gasteiger partial charge < -0.3 is 4.98 Å². The second kappa shape index (κ2) is 6.60. The van der Waals surface area contributed by atoms with Gasteiger partial charge in [-0.05, 0) is 29.2 Å². The molecule has 1 nitrogen and oxygen atoms in total. The minimum Gasteiger partial charge on any atom is -0.304 e. The summed E-state index contributed by atoms with van der Waals surface area (Å²) in [4.78, 5) is 4.31. The summed E-state index contributed by atoms with van der Waals surface area (Å²) >= 11 is 0. The van der Waals surface area contributed by atoms with Gasteiger partial charge in [-0.1, -0.05) is 36.4 Å². The fourth-order valence-electron chi connectivity index (χ4n) is 2.01. The first-order valence-electron chi connectivity index (χ1n) is 7.59. The zero-order valence-electron chi connectivity index (χ0n) is 13.6. The van der Waals surface area contributed by atoms with Crippen molar-refractivity contribution in [2.75, 3.05) is 0 Å². The number of aromatic nitrogens is 1. The molecule has 3 aromatic rings. The first kappa shape index (κ1) is 11.0. The van der Waals surface area contributed by atoms with Crippen molar-refractivity contribution < 1.29 is 24.2 Å². The summed E-state index contributed by atoms with van der Waals surface area (Å²) < 4.78 is 23.2. The van der Waals surface area contributed by atoms with E-state index < -0.39 is 6.85 Å². The average Bonchev–Trinajstić information content (AvgIpc) is 2.55. The molecule has 101 valence electrons. The Balaban J connectivity index is 0.00000192. The second-order valence-electron chi connectivity index (χ2n) is 4.26. The normalized spacial score (nSPS) is 12.7. The molecule has 0 aliphatic carbocycles. The Kier molecular flexibility index (Phi) is 3.62. The van der Waals surface area contributed by atoms with Crippen LogP contribution < -0.4 is 0 Å². The van der Waals surface area contributed by atoms with Crippen LogP contribution >= 0.6 is 0 Å². The summed E-state index contributed by atoms with van der Waals surface area (Å²) in [5.41, 5.74) is 3.37. The van der Waals surface area contributed by atoms with E-state index in [2.05, 4.69) is 11.1 Å². The standard InChI is InChI=1S/C18H14N.Ir/c1-14-13-19-18(16-10-6-3-7-11-16)12-17(14)15-8-4-2-5-9-15;/h2-10,12-13H,1H3;/q-1;/i1D3;. The molecule has 0 saturated heterocycles. The van der Waals surface area contributed by atoms with Crippen LogP contribution in [0.4, 0.5) is 0 Å². The van der Waals surface area contributed by atoms with Gasteiger partial charge in [0, 0.05) is 30.4 Å². The van der Waals surface area contributed by atoms with Crippen LogP contribution in [-0.4, -0.2) is 4.98 Å². The number of aryl methyl sites for hydroxylation is 1. The van der Waals surface area contributed by atoms with Crippen LogP contribution in [0.15, 0.2) is 66.9 Å². The van der Waals surface area contributed by atoms with Gasteiger partial charge in [-0.3, -0.25) is 0 Å². The van der Waals surface area contributed by atoms with Crippen molar-refractivity contribution in [3.05, 3.63) is 78.5 Å². The van der Waals surface area contributed by atoms with E-state index in [1.54, 1.807) is 0 Å². The second-order valence-corrected chi connectivity index (χ2v) is 4.26. The smallest absolute Gasteiger partial charge is 0.0280 e. The summed E-state index contributed by atoms with van der Waals surface area (Å²) in [5.74, 6) is 0. The number of hydrogen-bond donors (Lipinski definition) is 0. The molecule has 0 atom stereocenters. The molecule has 3 rings (SSSR count). The van der Waals surface area contributed by atoms with Crippen molar-refractivity contribution >= 4 is 0 Å². The molecule has 0 aliphatic heterocycles. The number of rotatable bonds is 2. The number of pyridine rings is 1. The predicted octanol–water partition coefficient (Wildman–Crippen LogP) is 4.52. The topological polar surface area (TPSA) is 12.9 Å². The van der Waals surface area contributed by atoms with Crippen molar-refractivity contribution in [1.82, 2.24) is 4.98 Å². The van der Waals surface area contributed by atoms with Gasteiger partial charge in [0.15, 0.2) is 0 Å². The monoisotopic (exact) mass is 440 g/mol. The van der Waals surface area contributed by atoms with Crippen LogP contribution in [0.3, 0.4) is 0 Å². The fraction of sp³-hybridized carbons (Fsp3) is 0.0556. The first-order valence-corrected chi connectivity index (χ1v) is 6.09. The molecule has 0 saturated carbocycles. The molecule has 1 radical (unpaired) electrons. The van der Waals surface area contributed by atoms with Crippen LogP contribution in [0.25, 0.3) is 22.4 Å². The molecular weight excluding hydrogens is 422 g/mol. The molecule has 1 aromatic heterocycles. The van der Waals surface area contributed by atoms with E-state index in [0.29, 0.717) is 11.3 Å². The molecule has 20 heavy (non-hydrogen) atoms. The Hall–Kier alpha value is -1.76. The molecule has 0 bridgehead atoms. The Morgan fingerprint density at radius 2 is 1.85 bits per heavy atom. The summed E-state index contributed by atoms with van der Waals surface area (Å²) in [5, 5.41) is 0. The zero-order chi connectivity index (χ0) is 15.6. The minimum absolute atomic E-state index is 0. The van der Waals surface area contributed by atoms with Crippen molar-refractivity contribution in [2.45, 2.75) is 6.85 Å². The summed E-state index contributed by atoms with van der Waals surface area (Å²) in [7, 11) is 0. The van der Waals surface area contributed by atoms with Crippen molar-refractivity contribution in [1.29, 1.82) is 0 Å². The Morgan fingerprint density at radius 1 is 1.05 bits per heavy atom. The van der Waals surface area contributed by atoms with Gasteiger partial charge in [-0.2, -0.15) is 0 Å². The Morgan fingerprint density at radius 3 is 2.55 bits per heavy atom. The van der Waals surface area contributed by atoms with Crippen LogP contribution in [0.2, 0.25) is 0 Å². The Labute approximate surface area is 137 Å². The fourth-order valence-corrected chi connectivity index (χ4v) is 2.01. The number of nitrogens with zero attached hydrogens (tertiary/aromatic N) is 1. The van der Waals surface area contributed by atoms with E-state index in [1.807, 2.05) is 60.7 Å². The van der Waals surface area contributed by atoms with Gasteiger partial charge in [-0.25, -0.2) is 0 Å². The van der Waals surface area contributed by atoms with Gasteiger partial charge >= 0.3 is 0 Å². The zero-order valence-corrected chi connectivity index (χ0v) is 13.0. The quantitative estimate of drug-likeness (QED) is 0.535. The third kappa shape index (κ3) is 3.04. The van der Waals surface area contributed by atoms with E-state index in [0.717, 1.165) is 11.1 Å². The van der Waals surface area contributed by atoms with Gasteiger partial charge in [0.05, 0.1) is 0 Å². The van der Waals surface area contributed by atoms with Crippen LogP contribution in [-0.2, 0) is 20.1 Å². The maximum atomic E-state index is 7.72. The van der Waals surface area contributed by atoms with Gasteiger partial charge in [0.1, 0.15) is 0 Å². The average molecular weight is 440 g/mol. The molecular formula is C18H14IrN-. The van der Waals surface area contributed by atoms with Crippen LogP contribution in [0, 0.1) is 12.9 Å². The van der Waals surface area contributed by atoms with E-state index in [4.69, 9.17) is 4.11 Å². The minimum atomic E-state index is -2.20. The molecule has 0 unspecified atom stereocenters. The maximum absolute atomic E-state index is 7.72. The van der Waals surface area contributed by atoms with Gasteiger partial charge in [0.25, 0.3) is 0 Å². The molecule has 0 spiro atoms. The molecule has 0 amide bonds. The molecule has 1 heterocycles. The molecule has 0 fully saturated rings. The summed E-state index contributed by atoms with van der Waals surface area (Å²) in [6.07, 6.45) is 1.45. The first-order chi connectivity index (χ1) is 10.6. The van der Waals surface area contributed by atoms with E-state index in [-0.39, 0.29) is 25.7 Å². The molecule has 2 aromatic carbocycles. The van der Waals surface area contributed by atoms with Crippen molar-refractivity contribution in [3.8, 4) is 22.4 Å². The maximum Gasteiger partial charge on any atom is 0.0280 e. The number of hydrogen-bond acceptors (Lipinski definition) is 1. The summed E-state index contributed by atoms with van der Waals surface area (Å²) in [6.45, 7) is -2.20. The Bertz CT molecular complexity index is 771. The van der Waals surface area contributed by atoms with E-state index >= 15 is 0 Å². The van der Waals surface area contributed by atoms with E-state index in [9.17, 15) is 0 Å². The third-order valence-electron chi connectivity index (χ3n) is 2.97. The van der Waals surface area contributed by atoms with Gasteiger partial charge in [-0.15, -0.1) is 35.9 Å². The van der Waals surface area contributed by atoms with Gasteiger partial charge in [0.2, 0.25) is 0 Å². The van der Waals surface area contributed by atoms with Crippen LogP contribution in [0.1, 0.15) is 9.68 Å². The summed E-state index contributed by atoms with van der Waals surface area (Å²) in [6, 6.07) is 22.0. The predicted molar refractivity (Wildman–Crippen MR) is 78.7 cm³/mol. The van der Waals surface area contributed by atoms with Crippen molar-refractivity contribution in [3.63, 3.8) is 0 Å². The third-order valence-corrected chi connectivity index (χ3v) is 2.97. The van der Waals surface area contributed by atoms with Crippen molar-refractivity contribution in [2.24, 2.45) is 0 Å². The SMILES string of the molecule is [2H]C([2H])([2H])c1cnc(-c2[c-]cccc2)cc1-c1ccccc1.[Ir]. The van der Waals surface area contributed by atoms with Crippen LogP contribution in [0.5, 0.6) is 0 Å². The molecule has 0 aliphatic rings. The van der Waals surface area contributed by atoms with E-state index in [1.165, 1.54) is 6.20 Å². The largest absolute Gasteiger partial charge is 0.304 e. The number of benzene rings is 2.